The van der Waals surface area contributed by atoms with Crippen LogP contribution in [0.15, 0.2) is 18.2 Å². The minimum atomic E-state index is -1.10. The summed E-state index contributed by atoms with van der Waals surface area (Å²) in [5.74, 6) is -1.09. The fourth-order valence-corrected chi connectivity index (χ4v) is 1.64. The van der Waals surface area contributed by atoms with Crippen LogP contribution < -0.4 is 4.90 Å². The number of carboxylic acid groups (broad SMARTS) is 1. The summed E-state index contributed by atoms with van der Waals surface area (Å²) in [5, 5.41) is 9.02. The lowest BCUT2D eigenvalue weighted by atomic mass is 10.1. The third-order valence-corrected chi connectivity index (χ3v) is 2.64. The third kappa shape index (κ3) is 3.44. The topological polar surface area (TPSA) is 40.5 Å². The van der Waals surface area contributed by atoms with Crippen LogP contribution in [0.3, 0.4) is 0 Å². The average molecular weight is 239 g/mol. The van der Waals surface area contributed by atoms with Crippen molar-refractivity contribution in [2.24, 2.45) is 5.92 Å². The maximum atomic E-state index is 13.7. The molecule has 0 fully saturated rings. The molecule has 0 atom stereocenters. The first-order valence-corrected chi connectivity index (χ1v) is 5.66. The summed E-state index contributed by atoms with van der Waals surface area (Å²) in [5.41, 5.74) is 0.178. The molecular formula is C13H18FNO2. The summed E-state index contributed by atoms with van der Waals surface area (Å²) < 4.78 is 13.7. The molecule has 0 saturated carbocycles. The smallest absolute Gasteiger partial charge is 0.337 e. The van der Waals surface area contributed by atoms with Gasteiger partial charge in [0.05, 0.1) is 11.3 Å². The highest BCUT2D eigenvalue weighted by Crippen LogP contribution is 2.24. The fraction of sp³-hybridized carbons (Fsp3) is 0.462. The zero-order valence-electron chi connectivity index (χ0n) is 10.4. The molecule has 1 N–H and O–H groups in total. The predicted molar refractivity (Wildman–Crippen MR) is 66.1 cm³/mol. The number of carboxylic acids is 1. The molecule has 1 rings (SSSR count). The van der Waals surface area contributed by atoms with E-state index in [1.165, 1.54) is 18.2 Å². The molecule has 4 heteroatoms. The molecule has 3 nitrogen and oxygen atoms in total. The third-order valence-electron chi connectivity index (χ3n) is 2.64. The number of hydrogen-bond donors (Lipinski definition) is 1. The Hall–Kier alpha value is -1.58. The van der Waals surface area contributed by atoms with Gasteiger partial charge < -0.3 is 10.0 Å². The van der Waals surface area contributed by atoms with Crippen molar-refractivity contribution in [3.8, 4) is 0 Å². The van der Waals surface area contributed by atoms with E-state index in [2.05, 4.69) is 13.8 Å². The van der Waals surface area contributed by atoms with Gasteiger partial charge in [0.15, 0.2) is 0 Å². The first-order chi connectivity index (χ1) is 7.93. The Labute approximate surface area is 101 Å². The molecule has 0 aliphatic rings. The summed E-state index contributed by atoms with van der Waals surface area (Å²) in [6.45, 7) is 4.79. The van der Waals surface area contributed by atoms with Gasteiger partial charge in [-0.15, -0.1) is 0 Å². The van der Waals surface area contributed by atoms with Crippen LogP contribution >= 0.6 is 0 Å². The van der Waals surface area contributed by atoms with Crippen molar-refractivity contribution in [1.29, 1.82) is 0 Å². The second-order valence-electron chi connectivity index (χ2n) is 4.55. The monoisotopic (exact) mass is 239 g/mol. The first kappa shape index (κ1) is 13.5. The number of carbonyl (C=O) groups is 1. The van der Waals surface area contributed by atoms with Crippen molar-refractivity contribution in [1.82, 2.24) is 0 Å². The molecule has 0 saturated heterocycles. The Bertz CT molecular complexity index is 404. The number of para-hydroxylation sites is 1. The lowest BCUT2D eigenvalue weighted by Gasteiger charge is -2.22. The van der Waals surface area contributed by atoms with E-state index < -0.39 is 11.8 Å². The number of benzene rings is 1. The molecule has 0 aliphatic carbocycles. The molecule has 1 aromatic carbocycles. The van der Waals surface area contributed by atoms with Crippen molar-refractivity contribution in [3.05, 3.63) is 29.6 Å². The maximum absolute atomic E-state index is 13.7. The van der Waals surface area contributed by atoms with Gasteiger partial charge in [-0.25, -0.2) is 9.18 Å². The van der Waals surface area contributed by atoms with E-state index in [1.807, 2.05) is 0 Å². The molecule has 1 aromatic rings. The van der Waals surface area contributed by atoms with E-state index >= 15 is 0 Å². The molecule has 0 heterocycles. The van der Waals surface area contributed by atoms with Gasteiger partial charge in [-0.1, -0.05) is 19.9 Å². The minimum Gasteiger partial charge on any atom is -0.478 e. The highest BCUT2D eigenvalue weighted by atomic mass is 19.1. The Morgan fingerprint density at radius 1 is 1.47 bits per heavy atom. The quantitative estimate of drug-likeness (QED) is 0.858. The number of hydrogen-bond acceptors (Lipinski definition) is 2. The van der Waals surface area contributed by atoms with Gasteiger partial charge in [0.1, 0.15) is 5.82 Å². The highest BCUT2D eigenvalue weighted by molar-refractivity contribution is 5.94. The molecule has 0 aliphatic heterocycles. The second kappa shape index (κ2) is 5.66. The number of halogens is 1. The zero-order valence-corrected chi connectivity index (χ0v) is 10.4. The number of rotatable bonds is 5. The van der Waals surface area contributed by atoms with E-state index in [9.17, 15) is 9.18 Å². The van der Waals surface area contributed by atoms with Crippen LogP contribution in [0.5, 0.6) is 0 Å². The van der Waals surface area contributed by atoms with Crippen LogP contribution in [-0.4, -0.2) is 24.7 Å². The van der Waals surface area contributed by atoms with Crippen LogP contribution in [0.4, 0.5) is 10.1 Å². The summed E-state index contributed by atoms with van der Waals surface area (Å²) in [6, 6.07) is 4.12. The largest absolute Gasteiger partial charge is 0.478 e. The van der Waals surface area contributed by atoms with Gasteiger partial charge in [0.2, 0.25) is 0 Å². The van der Waals surface area contributed by atoms with Crippen LogP contribution in [0.25, 0.3) is 0 Å². The van der Waals surface area contributed by atoms with E-state index in [1.54, 1.807) is 11.9 Å². The van der Waals surface area contributed by atoms with Gasteiger partial charge in [-0.05, 0) is 24.5 Å². The van der Waals surface area contributed by atoms with Crippen molar-refractivity contribution in [2.75, 3.05) is 18.5 Å². The van der Waals surface area contributed by atoms with Gasteiger partial charge in [0, 0.05) is 13.6 Å². The van der Waals surface area contributed by atoms with Crippen molar-refractivity contribution in [3.63, 3.8) is 0 Å². The molecule has 0 aromatic heterocycles. The van der Waals surface area contributed by atoms with Crippen LogP contribution in [0.1, 0.15) is 30.6 Å². The van der Waals surface area contributed by atoms with Gasteiger partial charge in [0.25, 0.3) is 0 Å². The first-order valence-electron chi connectivity index (χ1n) is 5.66. The van der Waals surface area contributed by atoms with E-state index in [0.717, 1.165) is 6.42 Å². The molecule has 0 amide bonds. The Balaban J connectivity index is 2.98. The van der Waals surface area contributed by atoms with Gasteiger partial charge >= 0.3 is 5.97 Å². The molecule has 0 spiro atoms. The lowest BCUT2D eigenvalue weighted by Crippen LogP contribution is -2.23. The van der Waals surface area contributed by atoms with Crippen LogP contribution in [0.2, 0.25) is 0 Å². The van der Waals surface area contributed by atoms with Crippen LogP contribution in [0, 0.1) is 11.7 Å². The molecule has 0 bridgehead atoms. The van der Waals surface area contributed by atoms with Crippen molar-refractivity contribution < 1.29 is 14.3 Å². The normalized spacial score (nSPS) is 10.6. The SMILES string of the molecule is CC(C)CCN(C)c1c(F)cccc1C(=O)O. The summed E-state index contributed by atoms with van der Waals surface area (Å²) in [6.07, 6.45) is 0.893. The van der Waals surface area contributed by atoms with Gasteiger partial charge in [-0.2, -0.15) is 0 Å². The summed E-state index contributed by atoms with van der Waals surface area (Å²) >= 11 is 0. The Morgan fingerprint density at radius 2 is 2.12 bits per heavy atom. The van der Waals surface area contributed by atoms with E-state index in [-0.39, 0.29) is 11.3 Å². The second-order valence-corrected chi connectivity index (χ2v) is 4.55. The maximum Gasteiger partial charge on any atom is 0.337 e. The molecular weight excluding hydrogens is 221 g/mol. The van der Waals surface area contributed by atoms with E-state index in [0.29, 0.717) is 12.5 Å². The number of nitrogens with zero attached hydrogens (tertiary/aromatic N) is 1. The lowest BCUT2D eigenvalue weighted by molar-refractivity contribution is 0.0697. The van der Waals surface area contributed by atoms with E-state index in [4.69, 9.17) is 5.11 Å². The molecule has 94 valence electrons. The average Bonchev–Trinajstić information content (AvgIpc) is 2.25. The summed E-state index contributed by atoms with van der Waals surface area (Å²) in [4.78, 5) is 12.7. The summed E-state index contributed by atoms with van der Waals surface area (Å²) in [7, 11) is 1.72. The van der Waals surface area contributed by atoms with Crippen molar-refractivity contribution in [2.45, 2.75) is 20.3 Å². The zero-order chi connectivity index (χ0) is 13.0. The Morgan fingerprint density at radius 3 is 2.65 bits per heavy atom. The van der Waals surface area contributed by atoms with Crippen LogP contribution in [-0.2, 0) is 0 Å². The standard InChI is InChI=1S/C13H18FNO2/c1-9(2)7-8-15(3)12-10(13(16)17)5-4-6-11(12)14/h4-6,9H,7-8H2,1-3H3,(H,16,17). The molecule has 0 unspecified atom stereocenters. The minimum absolute atomic E-state index is 0.0104. The fourth-order valence-electron chi connectivity index (χ4n) is 1.64. The Kier molecular flexibility index (Phi) is 4.49. The number of anilines is 1. The van der Waals surface area contributed by atoms with Gasteiger partial charge in [-0.3, -0.25) is 0 Å². The number of aromatic carboxylic acids is 1. The van der Waals surface area contributed by atoms with Crippen molar-refractivity contribution >= 4 is 11.7 Å². The molecule has 0 radical (unpaired) electrons. The highest BCUT2D eigenvalue weighted by Gasteiger charge is 2.17. The predicted octanol–water partition coefficient (Wildman–Crippen LogP) is 3.01. The molecule has 17 heavy (non-hydrogen) atoms.